The van der Waals surface area contributed by atoms with Gasteiger partial charge in [0.05, 0.1) is 24.7 Å². The summed E-state index contributed by atoms with van der Waals surface area (Å²) in [6, 6.07) is 4.49. The number of esters is 1. The molecular weight excluding hydrogens is 451 g/mol. The highest BCUT2D eigenvalue weighted by molar-refractivity contribution is 7.89. The molecule has 8 nitrogen and oxygen atoms in total. The van der Waals surface area contributed by atoms with E-state index < -0.39 is 34.1 Å². The van der Waals surface area contributed by atoms with Crippen LogP contribution in [0.15, 0.2) is 29.2 Å². The van der Waals surface area contributed by atoms with Crippen molar-refractivity contribution in [2.75, 3.05) is 26.8 Å². The number of carbonyl (C=O) groups excluding carboxylic acids is 2. The molecule has 1 saturated heterocycles. The Morgan fingerprint density at radius 1 is 1.24 bits per heavy atom. The average molecular weight is 481 g/mol. The molecule has 0 saturated carbocycles. The lowest BCUT2D eigenvalue weighted by Crippen LogP contribution is -2.41. The van der Waals surface area contributed by atoms with Crippen LogP contribution in [0, 0.1) is 19.7 Å². The molecule has 2 heterocycles. The summed E-state index contributed by atoms with van der Waals surface area (Å²) in [7, 11) is -2.83. The van der Waals surface area contributed by atoms with E-state index >= 15 is 0 Å². The molecule has 180 valence electrons. The highest BCUT2D eigenvalue weighted by atomic mass is 32.2. The molecule has 0 N–H and O–H groups in total. The number of nitrogens with zero attached hydrogens (tertiary/aromatic N) is 2. The summed E-state index contributed by atoms with van der Waals surface area (Å²) in [6.45, 7) is 5.75. The number of carbonyl (C=O) groups is 2. The van der Waals surface area contributed by atoms with Crippen LogP contribution in [-0.4, -0.2) is 62.0 Å². The Balaban J connectivity index is 1.99. The van der Waals surface area contributed by atoms with Crippen LogP contribution >= 0.6 is 0 Å². The standard InChI is InChI=1S/C23H29FN2O6S/c1-5-26-16(3)21(15(2)22(26)23(28)31-4)20(27)14-25(13-18-7-6-12-32-18)33(29,30)19-10-8-17(24)9-11-19/h8-11,18H,5-7,12-14H2,1-4H3/t18-/m0/s1. The zero-order chi connectivity index (χ0) is 24.3. The molecule has 0 amide bonds. The molecule has 2 aromatic rings. The fourth-order valence-corrected chi connectivity index (χ4v) is 5.75. The van der Waals surface area contributed by atoms with E-state index in [0.717, 1.165) is 22.9 Å². The third-order valence-corrected chi connectivity index (χ3v) is 7.77. The molecule has 1 atom stereocenters. The van der Waals surface area contributed by atoms with Crippen molar-refractivity contribution in [3.05, 3.63) is 52.6 Å². The van der Waals surface area contributed by atoms with E-state index in [1.165, 1.54) is 19.2 Å². The monoisotopic (exact) mass is 480 g/mol. The highest BCUT2D eigenvalue weighted by Crippen LogP contribution is 2.26. The minimum absolute atomic E-state index is 0.00188. The third kappa shape index (κ3) is 5.02. The number of aromatic nitrogens is 1. The third-order valence-electron chi connectivity index (χ3n) is 5.94. The van der Waals surface area contributed by atoms with Crippen LogP contribution in [0.1, 0.15) is 51.9 Å². The number of hydrogen-bond donors (Lipinski definition) is 0. The second-order valence-electron chi connectivity index (χ2n) is 7.98. The van der Waals surface area contributed by atoms with Crippen LogP contribution in [-0.2, 0) is 26.0 Å². The van der Waals surface area contributed by atoms with E-state index in [1.807, 2.05) is 6.92 Å². The van der Waals surface area contributed by atoms with Crippen molar-refractivity contribution in [2.45, 2.75) is 51.2 Å². The van der Waals surface area contributed by atoms with E-state index in [4.69, 9.17) is 9.47 Å². The van der Waals surface area contributed by atoms with Gasteiger partial charge in [-0.15, -0.1) is 0 Å². The Morgan fingerprint density at radius 3 is 2.45 bits per heavy atom. The second-order valence-corrected chi connectivity index (χ2v) is 9.92. The first-order valence-corrected chi connectivity index (χ1v) is 12.2. The maximum Gasteiger partial charge on any atom is 0.354 e. The first-order valence-electron chi connectivity index (χ1n) is 10.8. The lowest BCUT2D eigenvalue weighted by atomic mass is 10.1. The van der Waals surface area contributed by atoms with Crippen molar-refractivity contribution >= 4 is 21.8 Å². The predicted molar refractivity (Wildman–Crippen MR) is 119 cm³/mol. The van der Waals surface area contributed by atoms with Crippen LogP contribution in [0.4, 0.5) is 4.39 Å². The Hall–Kier alpha value is -2.56. The number of rotatable bonds is 9. The Morgan fingerprint density at radius 2 is 1.91 bits per heavy atom. The summed E-state index contributed by atoms with van der Waals surface area (Å²) in [5.74, 6) is -1.56. The minimum Gasteiger partial charge on any atom is -0.464 e. The molecule has 0 bridgehead atoms. The summed E-state index contributed by atoms with van der Waals surface area (Å²) in [5.41, 5.74) is 1.58. The van der Waals surface area contributed by atoms with E-state index in [2.05, 4.69) is 0 Å². The average Bonchev–Trinajstić information content (AvgIpc) is 3.38. The molecule has 3 rings (SSSR count). The highest BCUT2D eigenvalue weighted by Gasteiger charge is 2.33. The number of sulfonamides is 1. The number of ketones is 1. The quantitative estimate of drug-likeness (QED) is 0.404. The van der Waals surface area contributed by atoms with Crippen molar-refractivity contribution < 1.29 is 31.9 Å². The molecule has 1 fully saturated rings. The first-order chi connectivity index (χ1) is 15.6. The van der Waals surface area contributed by atoms with Gasteiger partial charge in [-0.05, 0) is 63.4 Å². The number of Topliss-reactive ketones (excluding diaryl/α,β-unsaturated/α-hetero) is 1. The minimum atomic E-state index is -4.10. The van der Waals surface area contributed by atoms with Crippen LogP contribution in [0.3, 0.4) is 0 Å². The van der Waals surface area contributed by atoms with Gasteiger partial charge in [0.15, 0.2) is 5.78 Å². The van der Waals surface area contributed by atoms with Gasteiger partial charge in [0.25, 0.3) is 0 Å². The number of halogens is 1. The van der Waals surface area contributed by atoms with Gasteiger partial charge in [-0.2, -0.15) is 4.31 Å². The van der Waals surface area contributed by atoms with E-state index in [0.29, 0.717) is 36.4 Å². The van der Waals surface area contributed by atoms with Crippen molar-refractivity contribution in [1.29, 1.82) is 0 Å². The molecule has 0 unspecified atom stereocenters. The molecule has 33 heavy (non-hydrogen) atoms. The molecule has 0 aliphatic carbocycles. The van der Waals surface area contributed by atoms with Crippen LogP contribution in [0.5, 0.6) is 0 Å². The van der Waals surface area contributed by atoms with Crippen molar-refractivity contribution in [3.63, 3.8) is 0 Å². The molecule has 0 spiro atoms. The van der Waals surface area contributed by atoms with Gasteiger partial charge in [0, 0.05) is 31.0 Å². The summed E-state index contributed by atoms with van der Waals surface area (Å²) in [4.78, 5) is 25.6. The summed E-state index contributed by atoms with van der Waals surface area (Å²) >= 11 is 0. The topological polar surface area (TPSA) is 94.9 Å². The normalized spacial score (nSPS) is 16.4. The van der Waals surface area contributed by atoms with Crippen LogP contribution in [0.25, 0.3) is 0 Å². The molecule has 1 aromatic heterocycles. The maximum absolute atomic E-state index is 13.4. The molecule has 10 heteroatoms. The van der Waals surface area contributed by atoms with Gasteiger partial charge in [0.1, 0.15) is 11.5 Å². The van der Waals surface area contributed by atoms with Gasteiger partial charge >= 0.3 is 5.97 Å². The van der Waals surface area contributed by atoms with Crippen molar-refractivity contribution in [1.82, 2.24) is 8.87 Å². The van der Waals surface area contributed by atoms with E-state index in [-0.39, 0.29) is 23.2 Å². The van der Waals surface area contributed by atoms with Crippen molar-refractivity contribution in [3.8, 4) is 0 Å². The van der Waals surface area contributed by atoms with Gasteiger partial charge < -0.3 is 14.0 Å². The number of ether oxygens (including phenoxy) is 2. The molecule has 1 aliphatic rings. The lowest BCUT2D eigenvalue weighted by Gasteiger charge is -2.24. The molecular formula is C23H29FN2O6S. The zero-order valence-corrected chi connectivity index (χ0v) is 20.1. The van der Waals surface area contributed by atoms with E-state index in [9.17, 15) is 22.4 Å². The van der Waals surface area contributed by atoms with Gasteiger partial charge in [-0.1, -0.05) is 0 Å². The van der Waals surface area contributed by atoms with Crippen LogP contribution < -0.4 is 0 Å². The second kappa shape index (κ2) is 10.1. The fraction of sp³-hybridized carbons (Fsp3) is 0.478. The lowest BCUT2D eigenvalue weighted by molar-refractivity contribution is 0.0587. The molecule has 0 radical (unpaired) electrons. The smallest absolute Gasteiger partial charge is 0.354 e. The Bertz CT molecular complexity index is 1130. The van der Waals surface area contributed by atoms with E-state index in [1.54, 1.807) is 18.4 Å². The summed E-state index contributed by atoms with van der Waals surface area (Å²) in [6.07, 6.45) is 1.16. The fourth-order valence-electron chi connectivity index (χ4n) is 4.32. The van der Waals surface area contributed by atoms with Gasteiger partial charge in [-0.3, -0.25) is 4.79 Å². The number of benzene rings is 1. The predicted octanol–water partition coefficient (Wildman–Crippen LogP) is 3.10. The summed E-state index contributed by atoms with van der Waals surface area (Å²) < 4.78 is 53.4. The Labute approximate surface area is 193 Å². The Kier molecular flexibility index (Phi) is 7.71. The SMILES string of the molecule is CCn1c(C)c(C(=O)CN(C[C@@H]2CCCO2)S(=O)(=O)c2ccc(F)cc2)c(C)c1C(=O)OC. The van der Waals surface area contributed by atoms with Gasteiger partial charge in [0.2, 0.25) is 10.0 Å². The maximum atomic E-state index is 13.4. The van der Waals surface area contributed by atoms with Crippen molar-refractivity contribution in [2.24, 2.45) is 0 Å². The number of methoxy groups -OCH3 is 1. The molecule has 1 aliphatic heterocycles. The molecule has 1 aromatic carbocycles. The summed E-state index contributed by atoms with van der Waals surface area (Å²) in [5, 5.41) is 0. The largest absolute Gasteiger partial charge is 0.464 e. The van der Waals surface area contributed by atoms with Gasteiger partial charge in [-0.25, -0.2) is 17.6 Å². The number of hydrogen-bond acceptors (Lipinski definition) is 6. The van der Waals surface area contributed by atoms with Crippen LogP contribution in [0.2, 0.25) is 0 Å². The zero-order valence-electron chi connectivity index (χ0n) is 19.3. The first kappa shape index (κ1) is 25.1.